The van der Waals surface area contributed by atoms with Gasteiger partial charge in [-0.05, 0) is 18.4 Å². The molecule has 0 spiro atoms. The Bertz CT molecular complexity index is 589. The van der Waals surface area contributed by atoms with Gasteiger partial charge in [-0.2, -0.15) is 16.1 Å². The maximum Gasteiger partial charge on any atom is 0.289 e. The van der Waals surface area contributed by atoms with Crippen LogP contribution in [0.4, 0.5) is 11.4 Å². The second-order valence-electron chi connectivity index (χ2n) is 4.01. The fourth-order valence-corrected chi connectivity index (χ4v) is 3.46. The number of nitro benzene ring substituents is 1. The highest BCUT2D eigenvalue weighted by molar-refractivity contribution is 7.98. The van der Waals surface area contributed by atoms with Gasteiger partial charge in [-0.15, -0.1) is 0 Å². The summed E-state index contributed by atoms with van der Waals surface area (Å²) < 4.78 is 26.0. The fourth-order valence-electron chi connectivity index (χ4n) is 1.53. The molecule has 7 nitrogen and oxygen atoms in total. The van der Waals surface area contributed by atoms with Gasteiger partial charge < -0.3 is 5.32 Å². The van der Waals surface area contributed by atoms with Gasteiger partial charge in [0.05, 0.1) is 4.92 Å². The Balaban J connectivity index is 3.31. The molecule has 0 aliphatic rings. The molecule has 0 heterocycles. The molecule has 0 bridgehead atoms. The van der Waals surface area contributed by atoms with Crippen LogP contribution < -0.4 is 5.32 Å². The number of nitrogens with zero attached hydrogens (tertiary/aromatic N) is 2. The van der Waals surface area contributed by atoms with E-state index in [1.54, 1.807) is 7.05 Å². The van der Waals surface area contributed by atoms with E-state index in [0.29, 0.717) is 18.0 Å². The molecule has 0 fully saturated rings. The molecule has 20 heavy (non-hydrogen) atoms. The fraction of sp³-hybridized carbons (Fsp3) is 0.455. The zero-order valence-corrected chi connectivity index (χ0v) is 13.1. The lowest BCUT2D eigenvalue weighted by Gasteiger charge is -2.17. The number of hydrogen-bond acceptors (Lipinski definition) is 6. The van der Waals surface area contributed by atoms with Gasteiger partial charge in [0.25, 0.3) is 5.69 Å². The van der Waals surface area contributed by atoms with E-state index in [1.807, 2.05) is 6.26 Å². The Morgan fingerprint density at radius 3 is 2.60 bits per heavy atom. The van der Waals surface area contributed by atoms with E-state index in [9.17, 15) is 18.5 Å². The molecule has 112 valence electrons. The van der Waals surface area contributed by atoms with E-state index in [4.69, 9.17) is 0 Å². The quantitative estimate of drug-likeness (QED) is 0.606. The number of benzene rings is 1. The summed E-state index contributed by atoms with van der Waals surface area (Å²) in [5.41, 5.74) is 0.0902. The summed E-state index contributed by atoms with van der Waals surface area (Å²) in [5.74, 6) is 0.620. The van der Waals surface area contributed by atoms with Crippen molar-refractivity contribution in [3.8, 4) is 0 Å². The summed E-state index contributed by atoms with van der Waals surface area (Å²) in [4.78, 5) is 10.0. The van der Waals surface area contributed by atoms with Crippen LogP contribution in [0, 0.1) is 10.1 Å². The molecule has 0 saturated carbocycles. The SMILES string of the molecule is CNc1ccc([N+](=O)[O-])c(S(=O)(=O)N(C)CCSC)c1. The molecule has 0 aliphatic carbocycles. The number of rotatable bonds is 7. The maximum absolute atomic E-state index is 12.4. The molecule has 0 aromatic heterocycles. The number of nitro groups is 1. The summed E-state index contributed by atoms with van der Waals surface area (Å²) in [7, 11) is -0.843. The van der Waals surface area contributed by atoms with E-state index < -0.39 is 20.6 Å². The maximum atomic E-state index is 12.4. The van der Waals surface area contributed by atoms with Crippen LogP contribution in [-0.2, 0) is 10.0 Å². The first kappa shape index (κ1) is 16.7. The molecule has 0 saturated heterocycles. The molecule has 0 radical (unpaired) electrons. The minimum Gasteiger partial charge on any atom is -0.388 e. The van der Waals surface area contributed by atoms with Crippen molar-refractivity contribution in [2.75, 3.05) is 38.0 Å². The highest BCUT2D eigenvalue weighted by Gasteiger charge is 2.29. The van der Waals surface area contributed by atoms with Crippen molar-refractivity contribution in [1.29, 1.82) is 0 Å². The molecule has 0 atom stereocenters. The number of nitrogens with one attached hydrogen (secondary N) is 1. The monoisotopic (exact) mass is 319 g/mol. The first-order chi connectivity index (χ1) is 9.34. The van der Waals surface area contributed by atoms with Crippen LogP contribution in [0.25, 0.3) is 0 Å². The van der Waals surface area contributed by atoms with Gasteiger partial charge in [-0.3, -0.25) is 10.1 Å². The summed E-state index contributed by atoms with van der Waals surface area (Å²) in [6, 6.07) is 3.95. The van der Waals surface area contributed by atoms with Crippen LogP contribution in [0.2, 0.25) is 0 Å². The Labute approximate surface area is 122 Å². The third-order valence-electron chi connectivity index (χ3n) is 2.74. The molecule has 1 aromatic carbocycles. The van der Waals surface area contributed by atoms with Gasteiger partial charge in [-0.25, -0.2) is 8.42 Å². The number of sulfonamides is 1. The first-order valence-electron chi connectivity index (χ1n) is 5.76. The van der Waals surface area contributed by atoms with Gasteiger partial charge in [-0.1, -0.05) is 0 Å². The predicted octanol–water partition coefficient (Wildman–Crippen LogP) is 1.62. The largest absolute Gasteiger partial charge is 0.388 e. The number of hydrogen-bond donors (Lipinski definition) is 1. The topological polar surface area (TPSA) is 92.5 Å². The van der Waals surface area contributed by atoms with Crippen LogP contribution in [0.3, 0.4) is 0 Å². The predicted molar refractivity (Wildman–Crippen MR) is 80.8 cm³/mol. The zero-order chi connectivity index (χ0) is 15.3. The van der Waals surface area contributed by atoms with E-state index in [2.05, 4.69) is 5.32 Å². The van der Waals surface area contributed by atoms with Gasteiger partial charge in [0.2, 0.25) is 10.0 Å². The van der Waals surface area contributed by atoms with Gasteiger partial charge in [0.1, 0.15) is 0 Å². The Morgan fingerprint density at radius 1 is 1.45 bits per heavy atom. The number of anilines is 1. The molecule has 1 rings (SSSR count). The summed E-state index contributed by atoms with van der Waals surface area (Å²) in [5, 5.41) is 13.8. The molecular weight excluding hydrogens is 302 g/mol. The smallest absolute Gasteiger partial charge is 0.289 e. The molecule has 0 unspecified atom stereocenters. The van der Waals surface area contributed by atoms with E-state index in [1.165, 1.54) is 37.0 Å². The zero-order valence-electron chi connectivity index (χ0n) is 11.5. The van der Waals surface area contributed by atoms with Crippen LogP contribution in [-0.4, -0.2) is 50.3 Å². The van der Waals surface area contributed by atoms with Crippen LogP contribution >= 0.6 is 11.8 Å². The third-order valence-corrected chi connectivity index (χ3v) is 5.22. The van der Waals surface area contributed by atoms with Crippen molar-refractivity contribution in [1.82, 2.24) is 4.31 Å². The molecular formula is C11H17N3O4S2. The van der Waals surface area contributed by atoms with Gasteiger partial charge in [0.15, 0.2) is 4.90 Å². The average Bonchev–Trinajstić information content (AvgIpc) is 2.43. The molecule has 1 N–H and O–H groups in total. The van der Waals surface area contributed by atoms with Crippen molar-refractivity contribution < 1.29 is 13.3 Å². The molecule has 0 amide bonds. The van der Waals surface area contributed by atoms with Crippen LogP contribution in [0.15, 0.2) is 23.1 Å². The average molecular weight is 319 g/mol. The summed E-state index contributed by atoms with van der Waals surface area (Å²) >= 11 is 1.51. The Hall–Kier alpha value is -1.32. The minimum absolute atomic E-state index is 0.294. The highest BCUT2D eigenvalue weighted by atomic mass is 32.2. The standard InChI is InChI=1S/C11H17N3O4S2/c1-12-9-4-5-10(14(15)16)11(8-9)20(17,18)13(2)6-7-19-3/h4-5,8,12H,6-7H2,1-3H3. The van der Waals surface area contributed by atoms with Crippen molar-refractivity contribution in [3.05, 3.63) is 28.3 Å². The normalized spacial score (nSPS) is 11.6. The second-order valence-corrected chi connectivity index (χ2v) is 7.01. The van der Waals surface area contributed by atoms with Crippen LogP contribution in [0.5, 0.6) is 0 Å². The lowest BCUT2D eigenvalue weighted by atomic mass is 10.3. The first-order valence-corrected chi connectivity index (χ1v) is 8.59. The Kier molecular flexibility index (Phi) is 5.78. The van der Waals surface area contributed by atoms with Gasteiger partial charge in [0, 0.05) is 38.1 Å². The summed E-state index contributed by atoms with van der Waals surface area (Å²) in [6.07, 6.45) is 1.87. The molecule has 1 aromatic rings. The van der Waals surface area contributed by atoms with Crippen LogP contribution in [0.1, 0.15) is 0 Å². The molecule has 0 aliphatic heterocycles. The van der Waals surface area contributed by atoms with E-state index in [-0.39, 0.29) is 4.90 Å². The number of thioether (sulfide) groups is 1. The second kappa shape index (κ2) is 6.91. The van der Waals surface area contributed by atoms with Crippen molar-refractivity contribution in [2.24, 2.45) is 0 Å². The van der Waals surface area contributed by atoms with E-state index in [0.717, 1.165) is 4.31 Å². The Morgan fingerprint density at radius 2 is 2.10 bits per heavy atom. The summed E-state index contributed by atoms with van der Waals surface area (Å²) in [6.45, 7) is 0.296. The van der Waals surface area contributed by atoms with Crippen molar-refractivity contribution in [2.45, 2.75) is 4.90 Å². The lowest BCUT2D eigenvalue weighted by molar-refractivity contribution is -0.387. The van der Waals surface area contributed by atoms with E-state index >= 15 is 0 Å². The van der Waals surface area contributed by atoms with Gasteiger partial charge >= 0.3 is 0 Å². The minimum atomic E-state index is -3.88. The third kappa shape index (κ3) is 3.62. The lowest BCUT2D eigenvalue weighted by Crippen LogP contribution is -2.29. The van der Waals surface area contributed by atoms with Crippen molar-refractivity contribution >= 4 is 33.2 Å². The molecule has 9 heteroatoms. The highest BCUT2D eigenvalue weighted by Crippen LogP contribution is 2.29. The van der Waals surface area contributed by atoms with Crippen molar-refractivity contribution in [3.63, 3.8) is 0 Å².